The van der Waals surface area contributed by atoms with Crippen molar-refractivity contribution in [2.24, 2.45) is 17.6 Å². The number of phenolic OH excluding ortho intramolecular Hbond substituents is 1. The quantitative estimate of drug-likeness (QED) is 0.364. The van der Waals surface area contributed by atoms with Gasteiger partial charge in [-0.1, -0.05) is 19.9 Å². The smallest absolute Gasteiger partial charge is 0.318 e. The molecule has 4 atom stereocenters. The number of nitrogens with two attached hydrogens (primary N) is 1. The number of halogens is 1. The lowest BCUT2D eigenvalue weighted by Gasteiger charge is -2.38. The minimum atomic E-state index is -0.710. The molecule has 4 aliphatic rings. The summed E-state index contributed by atoms with van der Waals surface area (Å²) in [6.07, 6.45) is 4.04. The Morgan fingerprint density at radius 3 is 2.82 bits per heavy atom. The molecule has 0 aliphatic carbocycles. The van der Waals surface area contributed by atoms with Crippen LogP contribution in [-0.2, 0) is 24.2 Å². The predicted molar refractivity (Wildman–Crippen MR) is 170 cm³/mol. The maximum absolute atomic E-state index is 15.0. The molecule has 1 aromatic heterocycles. The summed E-state index contributed by atoms with van der Waals surface area (Å²) in [5.74, 6) is 0.212. The van der Waals surface area contributed by atoms with Gasteiger partial charge < -0.3 is 30.5 Å². The Morgan fingerprint density at radius 1 is 1.18 bits per heavy atom. The number of primary amides is 1. The lowest BCUT2D eigenvalue weighted by atomic mass is 9.91. The van der Waals surface area contributed by atoms with E-state index in [1.165, 1.54) is 6.07 Å². The molecule has 10 nitrogen and oxygen atoms in total. The van der Waals surface area contributed by atoms with Crippen LogP contribution in [-0.4, -0.2) is 82.0 Å². The second kappa shape index (κ2) is 11.6. The summed E-state index contributed by atoms with van der Waals surface area (Å²) in [6, 6.07) is 6.83. The summed E-state index contributed by atoms with van der Waals surface area (Å²) in [5.41, 5.74) is 8.79. The minimum Gasteiger partial charge on any atom is -0.508 e. The first-order valence-electron chi connectivity index (χ1n) is 16.3. The number of piperidine rings is 1. The molecule has 3 saturated heterocycles. The number of hydrogen-bond acceptors (Lipinski definition) is 9. The number of nitrogens with zero attached hydrogens (tertiary/aromatic N) is 5. The Kier molecular flexibility index (Phi) is 7.72. The maximum Gasteiger partial charge on any atom is 0.318 e. The van der Waals surface area contributed by atoms with Crippen LogP contribution in [0.5, 0.6) is 11.8 Å². The molecule has 5 heterocycles. The Morgan fingerprint density at radius 2 is 2.02 bits per heavy atom. The van der Waals surface area contributed by atoms with Crippen molar-refractivity contribution in [1.82, 2.24) is 14.9 Å². The van der Waals surface area contributed by atoms with Gasteiger partial charge in [0.1, 0.15) is 24.0 Å². The Balaban J connectivity index is 1.27. The number of carbonyl (C=O) groups excluding carboxylic acids is 1. The van der Waals surface area contributed by atoms with Gasteiger partial charge in [-0.25, -0.2) is 4.39 Å². The van der Waals surface area contributed by atoms with Crippen LogP contribution in [0.2, 0.25) is 0 Å². The van der Waals surface area contributed by atoms with Gasteiger partial charge in [-0.05, 0) is 74.1 Å². The molecule has 45 heavy (non-hydrogen) atoms. The van der Waals surface area contributed by atoms with Crippen molar-refractivity contribution in [2.45, 2.75) is 70.6 Å². The fourth-order valence-corrected chi connectivity index (χ4v) is 8.46. The van der Waals surface area contributed by atoms with Crippen LogP contribution in [0.3, 0.4) is 0 Å². The van der Waals surface area contributed by atoms with Gasteiger partial charge in [-0.2, -0.15) is 9.97 Å². The third kappa shape index (κ3) is 5.43. The second-order valence-corrected chi connectivity index (χ2v) is 13.6. The maximum atomic E-state index is 15.0. The summed E-state index contributed by atoms with van der Waals surface area (Å²) in [4.78, 5) is 28.7. The SMILES string of the molecule is CCc1c(F)ccc2cc(O)cc(N3CCc4c(nc(OC[C@@]56CCCN5C[C@H](C)C6)nc4N4C[C@H](O)C[C@@H](C(N)=O)C4)C3)c12. The van der Waals surface area contributed by atoms with E-state index < -0.39 is 17.9 Å². The summed E-state index contributed by atoms with van der Waals surface area (Å²) in [6.45, 7) is 8.58. The van der Waals surface area contributed by atoms with E-state index in [1.54, 1.807) is 18.2 Å². The zero-order valence-electron chi connectivity index (χ0n) is 26.1. The molecular formula is C34H43FN6O4. The number of aliphatic hydroxyl groups is 1. The number of aryl methyl sites for hydroxylation is 1. The summed E-state index contributed by atoms with van der Waals surface area (Å²) in [5, 5.41) is 22.9. The predicted octanol–water partition coefficient (Wildman–Crippen LogP) is 3.53. The molecule has 1 amide bonds. The summed E-state index contributed by atoms with van der Waals surface area (Å²) >= 11 is 0. The lowest BCUT2D eigenvalue weighted by Crippen LogP contribution is -2.48. The zero-order chi connectivity index (χ0) is 31.5. The van der Waals surface area contributed by atoms with Gasteiger partial charge in [0.2, 0.25) is 5.91 Å². The fourth-order valence-electron chi connectivity index (χ4n) is 8.46. The van der Waals surface area contributed by atoms with Gasteiger partial charge in [0.15, 0.2) is 0 Å². The third-order valence-corrected chi connectivity index (χ3v) is 10.5. The zero-order valence-corrected chi connectivity index (χ0v) is 26.1. The molecule has 3 aromatic rings. The van der Waals surface area contributed by atoms with E-state index in [0.717, 1.165) is 60.1 Å². The molecule has 2 aromatic carbocycles. The van der Waals surface area contributed by atoms with Crippen LogP contribution in [0, 0.1) is 17.7 Å². The van der Waals surface area contributed by atoms with E-state index in [-0.39, 0.29) is 23.1 Å². The number of ether oxygens (including phenoxy) is 1. The lowest BCUT2D eigenvalue weighted by molar-refractivity contribution is -0.123. The second-order valence-electron chi connectivity index (χ2n) is 13.6. The number of rotatable bonds is 7. The van der Waals surface area contributed by atoms with Crippen molar-refractivity contribution in [3.05, 3.63) is 46.9 Å². The molecule has 4 aliphatic heterocycles. The average molecular weight is 619 g/mol. The number of β-amino-alcohol motifs (C(OH)–C–C–N with tert-alkyl or cyclic N) is 1. The van der Waals surface area contributed by atoms with Gasteiger partial charge >= 0.3 is 6.01 Å². The number of aromatic nitrogens is 2. The highest BCUT2D eigenvalue weighted by Gasteiger charge is 2.48. The normalized spacial score (nSPS) is 26.7. The van der Waals surface area contributed by atoms with E-state index in [2.05, 4.69) is 16.7 Å². The standard InChI is InChI=1S/C34H43FN6O4/c1-3-25-27(35)6-5-21-11-23(42)13-29(30(21)25)39-10-7-26-28(18-39)37-33(45-19-34-8-4-9-41(34)15-20(2)14-34)38-32(26)40-16-22(31(36)44)12-24(43)17-40/h5-6,11,13,20,22,24,42-43H,3-4,7-10,12,14-19H2,1-2H3,(H2,36,44)/t20-,22-,24-,34+/m1/s1. The van der Waals surface area contributed by atoms with Gasteiger partial charge in [0.05, 0.1) is 29.8 Å². The van der Waals surface area contributed by atoms with Crippen molar-refractivity contribution in [2.75, 3.05) is 49.1 Å². The number of fused-ring (bicyclic) bond motifs is 3. The number of carbonyl (C=O) groups is 1. The molecule has 4 N–H and O–H groups in total. The first-order chi connectivity index (χ1) is 21.6. The van der Waals surface area contributed by atoms with Crippen LogP contribution in [0.15, 0.2) is 24.3 Å². The third-order valence-electron chi connectivity index (χ3n) is 10.5. The largest absolute Gasteiger partial charge is 0.508 e. The van der Waals surface area contributed by atoms with E-state index in [9.17, 15) is 19.4 Å². The molecule has 7 rings (SSSR count). The van der Waals surface area contributed by atoms with Crippen LogP contribution in [0.1, 0.15) is 56.4 Å². The van der Waals surface area contributed by atoms with Gasteiger partial charge in [-0.3, -0.25) is 9.69 Å². The van der Waals surface area contributed by atoms with Crippen molar-refractivity contribution in [3.63, 3.8) is 0 Å². The van der Waals surface area contributed by atoms with Gasteiger partial charge in [0, 0.05) is 48.9 Å². The Labute approximate surface area is 263 Å². The number of aliphatic hydroxyl groups excluding tert-OH is 1. The topological polar surface area (TPSA) is 128 Å². The molecule has 0 spiro atoms. The molecular weight excluding hydrogens is 575 g/mol. The minimum absolute atomic E-state index is 0.00956. The van der Waals surface area contributed by atoms with Gasteiger partial charge in [0.25, 0.3) is 0 Å². The van der Waals surface area contributed by atoms with E-state index in [1.807, 2.05) is 11.8 Å². The monoisotopic (exact) mass is 618 g/mol. The van der Waals surface area contributed by atoms with Crippen molar-refractivity contribution >= 4 is 28.2 Å². The molecule has 0 bridgehead atoms. The highest BCUT2D eigenvalue weighted by Crippen LogP contribution is 2.43. The molecule has 240 valence electrons. The first kappa shape index (κ1) is 30.0. The summed E-state index contributed by atoms with van der Waals surface area (Å²) < 4.78 is 21.5. The summed E-state index contributed by atoms with van der Waals surface area (Å²) in [7, 11) is 0. The highest BCUT2D eigenvalue weighted by molar-refractivity contribution is 5.98. The first-order valence-corrected chi connectivity index (χ1v) is 16.3. The van der Waals surface area contributed by atoms with E-state index >= 15 is 0 Å². The number of hydrogen-bond donors (Lipinski definition) is 3. The van der Waals surface area contributed by atoms with E-state index in [4.69, 9.17) is 20.4 Å². The molecule has 0 unspecified atom stereocenters. The molecule has 0 radical (unpaired) electrons. The number of aromatic hydroxyl groups is 1. The van der Waals surface area contributed by atoms with Crippen molar-refractivity contribution < 1.29 is 24.1 Å². The fraction of sp³-hybridized carbons (Fsp3) is 0.559. The Bertz CT molecular complexity index is 1640. The van der Waals surface area contributed by atoms with Crippen LogP contribution < -0.4 is 20.3 Å². The number of amides is 1. The highest BCUT2D eigenvalue weighted by atomic mass is 19.1. The average Bonchev–Trinajstić information content (AvgIpc) is 3.54. The number of anilines is 2. The van der Waals surface area contributed by atoms with Crippen molar-refractivity contribution in [1.29, 1.82) is 0 Å². The van der Waals surface area contributed by atoms with Crippen LogP contribution in [0.25, 0.3) is 10.8 Å². The number of benzene rings is 2. The number of phenols is 1. The molecule has 11 heteroatoms. The molecule has 0 saturated carbocycles. The van der Waals surface area contributed by atoms with Crippen LogP contribution >= 0.6 is 0 Å². The van der Waals surface area contributed by atoms with Crippen LogP contribution in [0.4, 0.5) is 15.9 Å². The van der Waals surface area contributed by atoms with E-state index in [0.29, 0.717) is 69.3 Å². The van der Waals surface area contributed by atoms with Gasteiger partial charge in [-0.15, -0.1) is 0 Å². The van der Waals surface area contributed by atoms with Crippen molar-refractivity contribution in [3.8, 4) is 11.8 Å². The molecule has 3 fully saturated rings. The Hall–Kier alpha value is -3.70.